The molecule has 1 heterocycles. The van der Waals surface area contributed by atoms with E-state index >= 15 is 0 Å². The lowest BCUT2D eigenvalue weighted by atomic mass is 9.87. The number of hydrogen-bond acceptors (Lipinski definition) is 3. The number of anilines is 1. The minimum absolute atomic E-state index is 0.171. The first-order chi connectivity index (χ1) is 9.99. The molecule has 3 nitrogen and oxygen atoms in total. The molecule has 0 radical (unpaired) electrons. The summed E-state index contributed by atoms with van der Waals surface area (Å²) >= 11 is 0. The molecule has 0 atom stereocenters. The molecule has 0 saturated heterocycles. The molecule has 0 fully saturated rings. The van der Waals surface area contributed by atoms with Gasteiger partial charge in [-0.25, -0.2) is 4.98 Å². The van der Waals surface area contributed by atoms with Gasteiger partial charge in [0.1, 0.15) is 18.2 Å². The zero-order chi connectivity index (χ0) is 15.3. The highest BCUT2D eigenvalue weighted by molar-refractivity contribution is 5.37. The van der Waals surface area contributed by atoms with Crippen LogP contribution in [-0.4, -0.2) is 11.5 Å². The molecule has 0 aliphatic carbocycles. The molecule has 0 unspecified atom stereocenters. The van der Waals surface area contributed by atoms with Gasteiger partial charge in [0.25, 0.3) is 0 Å². The van der Waals surface area contributed by atoms with Gasteiger partial charge in [0, 0.05) is 12.7 Å². The van der Waals surface area contributed by atoms with Gasteiger partial charge in [0.05, 0.1) is 0 Å². The van der Waals surface area contributed by atoms with E-state index in [0.717, 1.165) is 23.7 Å². The third-order valence-corrected chi connectivity index (χ3v) is 3.31. The number of aromatic nitrogens is 1. The van der Waals surface area contributed by atoms with E-state index in [0.29, 0.717) is 6.61 Å². The number of hydrogen-bond donors (Lipinski definition) is 1. The first kappa shape index (κ1) is 15.4. The van der Waals surface area contributed by atoms with Crippen molar-refractivity contribution in [3.05, 3.63) is 53.7 Å². The molecular weight excluding hydrogens is 260 g/mol. The van der Waals surface area contributed by atoms with Crippen molar-refractivity contribution >= 4 is 5.82 Å². The zero-order valence-electron chi connectivity index (χ0n) is 13.3. The van der Waals surface area contributed by atoms with Crippen molar-refractivity contribution in [2.24, 2.45) is 0 Å². The van der Waals surface area contributed by atoms with Crippen molar-refractivity contribution in [1.29, 1.82) is 0 Å². The lowest BCUT2D eigenvalue weighted by molar-refractivity contribution is 0.306. The van der Waals surface area contributed by atoms with Crippen molar-refractivity contribution in [3.63, 3.8) is 0 Å². The summed E-state index contributed by atoms with van der Waals surface area (Å²) in [5.41, 5.74) is 2.60. The van der Waals surface area contributed by atoms with Crippen molar-refractivity contribution < 1.29 is 4.74 Å². The van der Waals surface area contributed by atoms with Gasteiger partial charge in [0.15, 0.2) is 0 Å². The van der Waals surface area contributed by atoms with Gasteiger partial charge in [-0.2, -0.15) is 0 Å². The van der Waals surface area contributed by atoms with E-state index in [-0.39, 0.29) is 5.41 Å². The average Bonchev–Trinajstić information content (AvgIpc) is 2.45. The Labute approximate surface area is 127 Å². The first-order valence-electron chi connectivity index (χ1n) is 7.41. The molecule has 3 heteroatoms. The molecule has 0 spiro atoms. The normalized spacial score (nSPS) is 11.2. The second-order valence-corrected chi connectivity index (χ2v) is 6.14. The third kappa shape index (κ3) is 4.48. The predicted octanol–water partition coefficient (Wildman–Crippen LogP) is 4.39. The Kier molecular flexibility index (Phi) is 4.84. The summed E-state index contributed by atoms with van der Waals surface area (Å²) in [6.07, 6.45) is 1.80. The van der Waals surface area contributed by atoms with Gasteiger partial charge >= 0.3 is 0 Å². The van der Waals surface area contributed by atoms with Gasteiger partial charge in [-0.05, 0) is 47.7 Å². The largest absolute Gasteiger partial charge is 0.489 e. The van der Waals surface area contributed by atoms with E-state index in [2.05, 4.69) is 50.1 Å². The SMILES string of the molecule is CCNc1cc(COc2ccc(C(C)(C)C)cc2)ccn1. The monoisotopic (exact) mass is 284 g/mol. The van der Waals surface area contributed by atoms with E-state index in [1.165, 1.54) is 5.56 Å². The molecule has 1 aromatic heterocycles. The van der Waals surface area contributed by atoms with E-state index < -0.39 is 0 Å². The number of nitrogens with one attached hydrogen (secondary N) is 1. The van der Waals surface area contributed by atoms with Crippen LogP contribution in [0.25, 0.3) is 0 Å². The average molecular weight is 284 g/mol. The van der Waals surface area contributed by atoms with Crippen molar-refractivity contribution in [2.45, 2.75) is 39.7 Å². The van der Waals surface area contributed by atoms with Crippen LogP contribution < -0.4 is 10.1 Å². The lowest BCUT2D eigenvalue weighted by Gasteiger charge is -2.19. The Morgan fingerprint density at radius 1 is 1.10 bits per heavy atom. The molecular formula is C18H24N2O. The van der Waals surface area contributed by atoms with Crippen LogP contribution >= 0.6 is 0 Å². The molecule has 0 aliphatic heterocycles. The zero-order valence-corrected chi connectivity index (χ0v) is 13.3. The first-order valence-corrected chi connectivity index (χ1v) is 7.41. The Balaban J connectivity index is 1.98. The van der Waals surface area contributed by atoms with Gasteiger partial charge in [0.2, 0.25) is 0 Å². The topological polar surface area (TPSA) is 34.1 Å². The molecule has 2 aromatic rings. The molecule has 112 valence electrons. The molecule has 1 N–H and O–H groups in total. The highest BCUT2D eigenvalue weighted by Crippen LogP contribution is 2.24. The summed E-state index contributed by atoms with van der Waals surface area (Å²) in [7, 11) is 0. The Morgan fingerprint density at radius 2 is 1.81 bits per heavy atom. The number of nitrogens with zero attached hydrogens (tertiary/aromatic N) is 1. The second kappa shape index (κ2) is 6.61. The highest BCUT2D eigenvalue weighted by Gasteiger charge is 2.12. The van der Waals surface area contributed by atoms with Crippen LogP contribution in [0.3, 0.4) is 0 Å². The van der Waals surface area contributed by atoms with Crippen LogP contribution in [0.15, 0.2) is 42.6 Å². The minimum Gasteiger partial charge on any atom is -0.489 e. The van der Waals surface area contributed by atoms with E-state index in [4.69, 9.17) is 4.74 Å². The number of rotatable bonds is 5. The van der Waals surface area contributed by atoms with Gasteiger partial charge in [-0.1, -0.05) is 32.9 Å². The van der Waals surface area contributed by atoms with Crippen molar-refractivity contribution in [3.8, 4) is 5.75 Å². The number of ether oxygens (including phenoxy) is 1. The lowest BCUT2D eigenvalue weighted by Crippen LogP contribution is -2.10. The van der Waals surface area contributed by atoms with Crippen molar-refractivity contribution in [2.75, 3.05) is 11.9 Å². The smallest absolute Gasteiger partial charge is 0.126 e. The molecule has 0 amide bonds. The molecule has 1 aromatic carbocycles. The van der Waals surface area contributed by atoms with E-state index in [1.807, 2.05) is 24.3 Å². The summed E-state index contributed by atoms with van der Waals surface area (Å²) < 4.78 is 5.84. The number of pyridine rings is 1. The maximum atomic E-state index is 5.84. The van der Waals surface area contributed by atoms with Crippen LogP contribution in [0.1, 0.15) is 38.8 Å². The van der Waals surface area contributed by atoms with Crippen molar-refractivity contribution in [1.82, 2.24) is 4.98 Å². The van der Waals surface area contributed by atoms with E-state index in [1.54, 1.807) is 6.20 Å². The fraction of sp³-hybridized carbons (Fsp3) is 0.389. The summed E-state index contributed by atoms with van der Waals surface area (Å²) in [6.45, 7) is 10.1. The summed E-state index contributed by atoms with van der Waals surface area (Å²) in [5, 5.41) is 3.20. The Bertz CT molecular complexity index is 571. The number of benzene rings is 1. The van der Waals surface area contributed by atoms with E-state index in [9.17, 15) is 0 Å². The summed E-state index contributed by atoms with van der Waals surface area (Å²) in [6, 6.07) is 12.3. The standard InChI is InChI=1S/C18H24N2O/c1-5-19-17-12-14(10-11-20-17)13-21-16-8-6-15(7-9-16)18(2,3)4/h6-12H,5,13H2,1-4H3,(H,19,20). The summed E-state index contributed by atoms with van der Waals surface area (Å²) in [5.74, 6) is 1.78. The van der Waals surface area contributed by atoms with Crippen LogP contribution in [0.2, 0.25) is 0 Å². The third-order valence-electron chi connectivity index (χ3n) is 3.31. The van der Waals surface area contributed by atoms with Crippen LogP contribution in [0.4, 0.5) is 5.82 Å². The van der Waals surface area contributed by atoms with Gasteiger partial charge < -0.3 is 10.1 Å². The van der Waals surface area contributed by atoms with Crippen LogP contribution in [0.5, 0.6) is 5.75 Å². The van der Waals surface area contributed by atoms with Gasteiger partial charge in [-0.3, -0.25) is 0 Å². The fourth-order valence-electron chi connectivity index (χ4n) is 2.06. The fourth-order valence-corrected chi connectivity index (χ4v) is 2.06. The second-order valence-electron chi connectivity index (χ2n) is 6.14. The quantitative estimate of drug-likeness (QED) is 0.884. The Morgan fingerprint density at radius 3 is 2.43 bits per heavy atom. The predicted molar refractivity (Wildman–Crippen MR) is 87.9 cm³/mol. The maximum absolute atomic E-state index is 5.84. The summed E-state index contributed by atoms with van der Waals surface area (Å²) in [4.78, 5) is 4.26. The maximum Gasteiger partial charge on any atom is 0.126 e. The Hall–Kier alpha value is -2.03. The van der Waals surface area contributed by atoms with Crippen LogP contribution in [0, 0.1) is 0 Å². The highest BCUT2D eigenvalue weighted by atomic mass is 16.5. The molecule has 0 aliphatic rings. The molecule has 0 saturated carbocycles. The molecule has 2 rings (SSSR count). The minimum atomic E-state index is 0.171. The molecule has 21 heavy (non-hydrogen) atoms. The molecule has 0 bridgehead atoms. The van der Waals surface area contributed by atoms with Crippen LogP contribution in [-0.2, 0) is 12.0 Å². The van der Waals surface area contributed by atoms with Gasteiger partial charge in [-0.15, -0.1) is 0 Å².